The lowest BCUT2D eigenvalue weighted by atomic mass is 9.74. The first-order valence-electron chi connectivity index (χ1n) is 8.71. The van der Waals surface area contributed by atoms with E-state index in [0.717, 1.165) is 23.3 Å². The fraction of sp³-hybridized carbons (Fsp3) is 0.350. The molecule has 2 aromatic carbocycles. The number of carbonyl (C=O) groups is 1. The van der Waals surface area contributed by atoms with E-state index >= 15 is 0 Å². The number of carbonyl (C=O) groups excluding carboxylic acids is 1. The number of aliphatic hydroxyl groups is 1. The van der Waals surface area contributed by atoms with E-state index in [2.05, 4.69) is 5.32 Å². The van der Waals surface area contributed by atoms with Crippen molar-refractivity contribution in [1.29, 1.82) is 0 Å². The second-order valence-electron chi connectivity index (χ2n) is 6.93. The van der Waals surface area contributed by atoms with E-state index < -0.39 is 11.7 Å². The van der Waals surface area contributed by atoms with E-state index in [4.69, 9.17) is 16.3 Å². The van der Waals surface area contributed by atoms with Gasteiger partial charge in [0.1, 0.15) is 11.6 Å². The van der Waals surface area contributed by atoms with Gasteiger partial charge in [-0.05, 0) is 60.2 Å². The summed E-state index contributed by atoms with van der Waals surface area (Å²) in [6.07, 6.45) is 1.70. The monoisotopic (exact) mass is 375 g/mol. The van der Waals surface area contributed by atoms with E-state index in [1.807, 2.05) is 18.2 Å². The van der Waals surface area contributed by atoms with Crippen molar-refractivity contribution in [3.05, 3.63) is 63.9 Å². The number of benzene rings is 2. The standard InChI is InChI=1S/C20H19ClFNO3/c21-14-2-3-17(22)16(10-14)20(25)23-19(13-8-15(24)9-13)12-1-4-18-11(7-12)5-6-26-18/h1-4,7,10,13,15,19,24H,5-6,8-9H2,(H,23,25). The Kier molecular flexibility index (Phi) is 4.59. The highest BCUT2D eigenvalue weighted by molar-refractivity contribution is 6.31. The van der Waals surface area contributed by atoms with Gasteiger partial charge in [-0.25, -0.2) is 4.39 Å². The minimum atomic E-state index is -0.610. The predicted molar refractivity (Wildman–Crippen MR) is 96.0 cm³/mol. The van der Waals surface area contributed by atoms with E-state index in [-0.39, 0.29) is 23.6 Å². The third-order valence-electron chi connectivity index (χ3n) is 5.15. The highest BCUT2D eigenvalue weighted by Gasteiger charge is 2.36. The first kappa shape index (κ1) is 17.3. The number of fused-ring (bicyclic) bond motifs is 1. The van der Waals surface area contributed by atoms with Crippen molar-refractivity contribution in [2.24, 2.45) is 5.92 Å². The Hall–Kier alpha value is -2.11. The topological polar surface area (TPSA) is 58.6 Å². The van der Waals surface area contributed by atoms with Gasteiger partial charge in [-0.15, -0.1) is 0 Å². The van der Waals surface area contributed by atoms with Crippen LogP contribution in [0.4, 0.5) is 4.39 Å². The second kappa shape index (κ2) is 6.89. The lowest BCUT2D eigenvalue weighted by molar-refractivity contribution is 0.0234. The van der Waals surface area contributed by atoms with Crippen LogP contribution in [0.1, 0.15) is 40.4 Å². The van der Waals surface area contributed by atoms with Crippen molar-refractivity contribution in [3.63, 3.8) is 0 Å². The first-order valence-corrected chi connectivity index (χ1v) is 9.08. The summed E-state index contributed by atoms with van der Waals surface area (Å²) >= 11 is 5.90. The van der Waals surface area contributed by atoms with Crippen LogP contribution in [-0.2, 0) is 6.42 Å². The van der Waals surface area contributed by atoms with Crippen molar-refractivity contribution in [1.82, 2.24) is 5.32 Å². The average Bonchev–Trinajstić information content (AvgIpc) is 3.06. The summed E-state index contributed by atoms with van der Waals surface area (Å²) in [5.74, 6) is -0.139. The smallest absolute Gasteiger partial charge is 0.254 e. The lowest BCUT2D eigenvalue weighted by Gasteiger charge is -2.38. The molecule has 0 saturated heterocycles. The molecule has 1 unspecified atom stereocenters. The Morgan fingerprint density at radius 3 is 2.85 bits per heavy atom. The quantitative estimate of drug-likeness (QED) is 0.857. The van der Waals surface area contributed by atoms with Gasteiger partial charge < -0.3 is 15.2 Å². The predicted octanol–water partition coefficient (Wildman–Crippen LogP) is 3.66. The summed E-state index contributed by atoms with van der Waals surface area (Å²) in [5.41, 5.74) is 1.98. The molecule has 4 rings (SSSR count). The molecular weight excluding hydrogens is 357 g/mol. The molecule has 2 aromatic rings. The number of aliphatic hydroxyl groups excluding tert-OH is 1. The summed E-state index contributed by atoms with van der Waals surface area (Å²) in [6.45, 7) is 0.658. The fourth-order valence-corrected chi connectivity index (χ4v) is 3.84. The first-order chi connectivity index (χ1) is 12.5. The molecule has 0 bridgehead atoms. The van der Waals surface area contributed by atoms with Crippen LogP contribution in [0.25, 0.3) is 0 Å². The van der Waals surface area contributed by atoms with Gasteiger partial charge in [0, 0.05) is 11.4 Å². The van der Waals surface area contributed by atoms with Gasteiger partial charge >= 0.3 is 0 Å². The van der Waals surface area contributed by atoms with Crippen LogP contribution in [0, 0.1) is 11.7 Å². The Balaban J connectivity index is 1.61. The number of rotatable bonds is 4. The Labute approximate surface area is 155 Å². The maximum Gasteiger partial charge on any atom is 0.254 e. The summed E-state index contributed by atoms with van der Waals surface area (Å²) in [6, 6.07) is 9.50. The third kappa shape index (κ3) is 3.29. The Morgan fingerprint density at radius 1 is 1.27 bits per heavy atom. The summed E-state index contributed by atoms with van der Waals surface area (Å²) < 4.78 is 19.6. The molecule has 136 valence electrons. The number of ether oxygens (including phenoxy) is 1. The van der Waals surface area contributed by atoms with E-state index in [1.165, 1.54) is 18.2 Å². The van der Waals surface area contributed by atoms with Gasteiger partial charge in [-0.3, -0.25) is 4.79 Å². The lowest BCUT2D eigenvalue weighted by Crippen LogP contribution is -2.41. The third-order valence-corrected chi connectivity index (χ3v) is 5.39. The van der Waals surface area contributed by atoms with Gasteiger partial charge in [-0.2, -0.15) is 0 Å². The average molecular weight is 376 g/mol. The molecule has 1 amide bonds. The van der Waals surface area contributed by atoms with Crippen molar-refractivity contribution in [2.45, 2.75) is 31.4 Å². The van der Waals surface area contributed by atoms with E-state index in [1.54, 1.807) is 0 Å². The number of amides is 1. The molecule has 2 aliphatic rings. The molecule has 0 spiro atoms. The summed E-state index contributed by atoms with van der Waals surface area (Å²) in [7, 11) is 0. The normalized spacial score (nSPS) is 22.1. The number of halogens is 2. The van der Waals surface area contributed by atoms with Gasteiger partial charge in [0.05, 0.1) is 24.3 Å². The molecule has 26 heavy (non-hydrogen) atoms. The number of nitrogens with one attached hydrogen (secondary N) is 1. The molecule has 6 heteroatoms. The Bertz CT molecular complexity index is 851. The van der Waals surface area contributed by atoms with Crippen LogP contribution >= 0.6 is 11.6 Å². The number of hydrogen-bond donors (Lipinski definition) is 2. The van der Waals surface area contributed by atoms with Crippen molar-refractivity contribution in [3.8, 4) is 5.75 Å². The molecule has 0 radical (unpaired) electrons. The van der Waals surface area contributed by atoms with Crippen LogP contribution < -0.4 is 10.1 Å². The zero-order valence-electron chi connectivity index (χ0n) is 14.0. The zero-order chi connectivity index (χ0) is 18.3. The maximum atomic E-state index is 14.0. The fourth-order valence-electron chi connectivity index (χ4n) is 3.67. The van der Waals surface area contributed by atoms with Crippen LogP contribution in [0.3, 0.4) is 0 Å². The van der Waals surface area contributed by atoms with Crippen LogP contribution in [-0.4, -0.2) is 23.7 Å². The Morgan fingerprint density at radius 2 is 2.08 bits per heavy atom. The van der Waals surface area contributed by atoms with Crippen LogP contribution in [0.2, 0.25) is 5.02 Å². The van der Waals surface area contributed by atoms with Crippen molar-refractivity contribution >= 4 is 17.5 Å². The summed E-state index contributed by atoms with van der Waals surface area (Å²) in [4.78, 5) is 12.7. The maximum absolute atomic E-state index is 14.0. The van der Waals surface area contributed by atoms with Gasteiger partial charge in [0.25, 0.3) is 5.91 Å². The number of hydrogen-bond acceptors (Lipinski definition) is 3. The molecule has 0 aromatic heterocycles. The molecule has 1 aliphatic heterocycles. The minimum Gasteiger partial charge on any atom is -0.493 e. The molecule has 1 heterocycles. The van der Waals surface area contributed by atoms with E-state index in [9.17, 15) is 14.3 Å². The molecule has 1 fully saturated rings. The van der Waals surface area contributed by atoms with Crippen LogP contribution in [0.5, 0.6) is 5.75 Å². The van der Waals surface area contributed by atoms with Crippen molar-refractivity contribution in [2.75, 3.05) is 6.61 Å². The highest BCUT2D eigenvalue weighted by atomic mass is 35.5. The highest BCUT2D eigenvalue weighted by Crippen LogP contribution is 2.40. The zero-order valence-corrected chi connectivity index (χ0v) is 14.8. The van der Waals surface area contributed by atoms with Gasteiger partial charge in [0.15, 0.2) is 0 Å². The van der Waals surface area contributed by atoms with Gasteiger partial charge in [-0.1, -0.05) is 17.7 Å². The molecule has 2 N–H and O–H groups in total. The van der Waals surface area contributed by atoms with Crippen molar-refractivity contribution < 1.29 is 19.0 Å². The van der Waals surface area contributed by atoms with E-state index in [0.29, 0.717) is 24.5 Å². The molecular formula is C20H19ClFNO3. The van der Waals surface area contributed by atoms with Gasteiger partial charge in [0.2, 0.25) is 0 Å². The largest absolute Gasteiger partial charge is 0.493 e. The molecule has 1 aliphatic carbocycles. The molecule has 1 saturated carbocycles. The van der Waals surface area contributed by atoms with Crippen LogP contribution in [0.15, 0.2) is 36.4 Å². The molecule has 1 atom stereocenters. The molecule has 4 nitrogen and oxygen atoms in total. The minimum absolute atomic E-state index is 0.0770. The second-order valence-corrected chi connectivity index (χ2v) is 7.36. The summed E-state index contributed by atoms with van der Waals surface area (Å²) in [5, 5.41) is 12.9. The SMILES string of the molecule is O=C(NC(c1ccc2c(c1)CCO2)C1CC(O)C1)c1cc(Cl)ccc1F.